The van der Waals surface area contributed by atoms with E-state index in [2.05, 4.69) is 77.4 Å². The summed E-state index contributed by atoms with van der Waals surface area (Å²) in [7, 11) is 1.86. The van der Waals surface area contributed by atoms with Gasteiger partial charge in [-0.1, -0.05) is 18.2 Å². The molecule has 0 aromatic heterocycles. The molecular weight excluding hydrogens is 449 g/mol. The van der Waals surface area contributed by atoms with Gasteiger partial charge in [0, 0.05) is 57.5 Å². The van der Waals surface area contributed by atoms with Crippen LogP contribution in [0.25, 0.3) is 0 Å². The summed E-state index contributed by atoms with van der Waals surface area (Å²) in [6.07, 6.45) is 2.37. The van der Waals surface area contributed by atoms with E-state index in [9.17, 15) is 0 Å². The number of hydrogen-bond donors (Lipinski definition) is 2. The standard InChI is InChI=1S/C21H37N5.HI/c1-6-25(20-10-8-7-9-18(20)4)16-13-23-21(22-5)24-19-11-14-26(15-12-19)17(2)3;/h7-10,17,19H,6,11-16H2,1-5H3,(H2,22,23,24);1H. The zero-order valence-corrected chi connectivity index (χ0v) is 20.0. The lowest BCUT2D eigenvalue weighted by molar-refractivity contribution is 0.167. The van der Waals surface area contributed by atoms with Crippen molar-refractivity contribution in [2.75, 3.05) is 44.7 Å². The lowest BCUT2D eigenvalue weighted by Gasteiger charge is -2.35. The fourth-order valence-corrected chi connectivity index (χ4v) is 3.62. The molecule has 0 amide bonds. The Hall–Kier alpha value is -1.02. The van der Waals surface area contributed by atoms with Gasteiger partial charge in [-0.25, -0.2) is 0 Å². The Morgan fingerprint density at radius 2 is 1.93 bits per heavy atom. The molecule has 6 heteroatoms. The Morgan fingerprint density at radius 1 is 1.26 bits per heavy atom. The number of nitrogens with zero attached hydrogens (tertiary/aromatic N) is 3. The number of likely N-dealkylation sites (tertiary alicyclic amines) is 1. The van der Waals surface area contributed by atoms with Gasteiger partial charge in [-0.2, -0.15) is 0 Å². The van der Waals surface area contributed by atoms with Crippen molar-refractivity contribution < 1.29 is 0 Å². The van der Waals surface area contributed by atoms with Crippen LogP contribution >= 0.6 is 24.0 Å². The summed E-state index contributed by atoms with van der Waals surface area (Å²) in [6.45, 7) is 14.1. The molecule has 154 valence electrons. The van der Waals surface area contributed by atoms with Crippen molar-refractivity contribution in [2.45, 2.75) is 52.6 Å². The number of halogens is 1. The van der Waals surface area contributed by atoms with Crippen molar-refractivity contribution in [2.24, 2.45) is 4.99 Å². The van der Waals surface area contributed by atoms with E-state index in [1.165, 1.54) is 37.2 Å². The van der Waals surface area contributed by atoms with Gasteiger partial charge < -0.3 is 20.4 Å². The number of nitrogens with one attached hydrogen (secondary N) is 2. The molecule has 1 heterocycles. The number of guanidine groups is 1. The van der Waals surface area contributed by atoms with Crippen LogP contribution < -0.4 is 15.5 Å². The summed E-state index contributed by atoms with van der Waals surface area (Å²) < 4.78 is 0. The molecule has 5 nitrogen and oxygen atoms in total. The minimum absolute atomic E-state index is 0. The highest BCUT2D eigenvalue weighted by Crippen LogP contribution is 2.18. The molecule has 2 N–H and O–H groups in total. The van der Waals surface area contributed by atoms with Gasteiger partial charge in [0.25, 0.3) is 0 Å². The summed E-state index contributed by atoms with van der Waals surface area (Å²) in [5.74, 6) is 0.925. The Morgan fingerprint density at radius 3 is 2.48 bits per heavy atom. The van der Waals surface area contributed by atoms with Crippen LogP contribution in [0.15, 0.2) is 29.3 Å². The summed E-state index contributed by atoms with van der Waals surface area (Å²) in [6, 6.07) is 9.76. The van der Waals surface area contributed by atoms with Gasteiger partial charge in [0.2, 0.25) is 0 Å². The second-order valence-electron chi connectivity index (χ2n) is 7.41. The fourth-order valence-electron chi connectivity index (χ4n) is 3.62. The maximum absolute atomic E-state index is 4.41. The molecule has 1 fully saturated rings. The highest BCUT2D eigenvalue weighted by Gasteiger charge is 2.21. The lowest BCUT2D eigenvalue weighted by atomic mass is 10.0. The molecule has 0 spiro atoms. The van der Waals surface area contributed by atoms with Crippen molar-refractivity contribution in [1.82, 2.24) is 15.5 Å². The predicted octanol–water partition coefficient (Wildman–Crippen LogP) is 3.48. The van der Waals surface area contributed by atoms with E-state index in [-0.39, 0.29) is 24.0 Å². The zero-order chi connectivity index (χ0) is 18.9. The number of para-hydroxylation sites is 1. The minimum atomic E-state index is 0. The molecule has 0 saturated carbocycles. The normalized spacial score (nSPS) is 16.1. The summed E-state index contributed by atoms with van der Waals surface area (Å²) in [4.78, 5) is 9.38. The van der Waals surface area contributed by atoms with E-state index in [0.29, 0.717) is 12.1 Å². The first-order valence-corrected chi connectivity index (χ1v) is 10.1. The Labute approximate surface area is 183 Å². The molecule has 1 aliphatic heterocycles. The number of rotatable bonds is 7. The Balaban J connectivity index is 0.00000364. The number of likely N-dealkylation sites (N-methyl/N-ethyl adjacent to an activating group) is 1. The average Bonchev–Trinajstić information content (AvgIpc) is 2.65. The summed E-state index contributed by atoms with van der Waals surface area (Å²) in [5, 5.41) is 7.09. The Bertz CT molecular complexity index is 567. The van der Waals surface area contributed by atoms with E-state index in [1.54, 1.807) is 0 Å². The van der Waals surface area contributed by atoms with Gasteiger partial charge in [-0.05, 0) is 52.2 Å². The minimum Gasteiger partial charge on any atom is -0.370 e. The molecule has 0 unspecified atom stereocenters. The molecule has 1 aliphatic rings. The van der Waals surface area contributed by atoms with Crippen molar-refractivity contribution in [3.05, 3.63) is 29.8 Å². The first-order valence-electron chi connectivity index (χ1n) is 10.1. The highest BCUT2D eigenvalue weighted by molar-refractivity contribution is 14.0. The fraction of sp³-hybridized carbons (Fsp3) is 0.667. The van der Waals surface area contributed by atoms with Crippen molar-refractivity contribution in [3.63, 3.8) is 0 Å². The topological polar surface area (TPSA) is 42.9 Å². The van der Waals surface area contributed by atoms with Crippen LogP contribution in [0, 0.1) is 6.92 Å². The largest absolute Gasteiger partial charge is 0.370 e. The number of anilines is 1. The van der Waals surface area contributed by atoms with Crippen molar-refractivity contribution >= 4 is 35.6 Å². The van der Waals surface area contributed by atoms with Gasteiger partial charge in [0.15, 0.2) is 5.96 Å². The molecule has 1 saturated heterocycles. The van der Waals surface area contributed by atoms with Crippen LogP contribution in [0.4, 0.5) is 5.69 Å². The molecule has 27 heavy (non-hydrogen) atoms. The SMILES string of the molecule is CCN(CCNC(=NC)NC1CCN(C(C)C)CC1)c1ccccc1C.I. The highest BCUT2D eigenvalue weighted by atomic mass is 127. The summed E-state index contributed by atoms with van der Waals surface area (Å²) >= 11 is 0. The number of aryl methyl sites for hydroxylation is 1. The van der Waals surface area contributed by atoms with E-state index in [1.807, 2.05) is 7.05 Å². The predicted molar refractivity (Wildman–Crippen MR) is 129 cm³/mol. The maximum Gasteiger partial charge on any atom is 0.191 e. The van der Waals surface area contributed by atoms with Gasteiger partial charge >= 0.3 is 0 Å². The average molecular weight is 487 g/mol. The molecule has 0 atom stereocenters. The van der Waals surface area contributed by atoms with Gasteiger partial charge in [0.1, 0.15) is 0 Å². The molecule has 1 aromatic rings. The number of hydrogen-bond acceptors (Lipinski definition) is 3. The number of benzene rings is 1. The molecular formula is C21H38IN5. The third-order valence-electron chi connectivity index (χ3n) is 5.34. The van der Waals surface area contributed by atoms with Crippen LogP contribution in [0.3, 0.4) is 0 Å². The van der Waals surface area contributed by atoms with Gasteiger partial charge in [0.05, 0.1) is 0 Å². The molecule has 0 aliphatic carbocycles. The quantitative estimate of drug-likeness (QED) is 0.351. The van der Waals surface area contributed by atoms with E-state index < -0.39 is 0 Å². The summed E-state index contributed by atoms with van der Waals surface area (Å²) in [5.41, 5.74) is 2.65. The van der Waals surface area contributed by atoms with E-state index in [4.69, 9.17) is 0 Å². The van der Waals surface area contributed by atoms with Crippen LogP contribution in [-0.2, 0) is 0 Å². The lowest BCUT2D eigenvalue weighted by Crippen LogP contribution is -2.50. The van der Waals surface area contributed by atoms with Crippen LogP contribution in [0.5, 0.6) is 0 Å². The first kappa shape index (κ1) is 24.0. The van der Waals surface area contributed by atoms with Crippen LogP contribution in [0.1, 0.15) is 39.2 Å². The second kappa shape index (κ2) is 12.4. The third-order valence-corrected chi connectivity index (χ3v) is 5.34. The third kappa shape index (κ3) is 7.49. The van der Waals surface area contributed by atoms with Crippen molar-refractivity contribution in [3.8, 4) is 0 Å². The molecule has 0 radical (unpaired) electrons. The smallest absolute Gasteiger partial charge is 0.191 e. The first-order chi connectivity index (χ1) is 12.5. The maximum atomic E-state index is 4.41. The van der Waals surface area contributed by atoms with E-state index >= 15 is 0 Å². The molecule has 2 rings (SSSR count). The molecule has 1 aromatic carbocycles. The monoisotopic (exact) mass is 487 g/mol. The number of piperidine rings is 1. The second-order valence-corrected chi connectivity index (χ2v) is 7.41. The number of aliphatic imine (C=N–C) groups is 1. The van der Waals surface area contributed by atoms with Crippen LogP contribution in [-0.4, -0.2) is 62.7 Å². The molecule has 0 bridgehead atoms. The van der Waals surface area contributed by atoms with Gasteiger partial charge in [-0.3, -0.25) is 4.99 Å². The van der Waals surface area contributed by atoms with Crippen LogP contribution in [0.2, 0.25) is 0 Å². The van der Waals surface area contributed by atoms with Gasteiger partial charge in [-0.15, -0.1) is 24.0 Å². The Kier molecular flexibility index (Phi) is 11.1. The zero-order valence-electron chi connectivity index (χ0n) is 17.7. The van der Waals surface area contributed by atoms with E-state index in [0.717, 1.165) is 25.6 Å². The van der Waals surface area contributed by atoms with Crippen molar-refractivity contribution in [1.29, 1.82) is 0 Å².